The van der Waals surface area contributed by atoms with Gasteiger partial charge in [-0.3, -0.25) is 0 Å². The van der Waals surface area contributed by atoms with Gasteiger partial charge in [-0.1, -0.05) is 41.5 Å². The number of hydrogen-bond donors (Lipinski definition) is 1. The number of rotatable bonds is 0. The van der Waals surface area contributed by atoms with Crippen molar-refractivity contribution in [3.05, 3.63) is 0 Å². The van der Waals surface area contributed by atoms with E-state index < -0.39 is 10.0 Å². The first-order valence-corrected chi connectivity index (χ1v) is 7.04. The summed E-state index contributed by atoms with van der Waals surface area (Å²) < 4.78 is 25.9. The van der Waals surface area contributed by atoms with E-state index in [1.165, 1.54) is 0 Å². The monoisotopic (exact) mass is 233 g/mol. The van der Waals surface area contributed by atoms with Gasteiger partial charge in [-0.15, -0.1) is 0 Å². The lowest BCUT2D eigenvalue weighted by molar-refractivity contribution is 0.00413. The van der Waals surface area contributed by atoms with Crippen molar-refractivity contribution in [1.82, 2.24) is 4.72 Å². The minimum atomic E-state index is -3.07. The first-order valence-electron chi connectivity index (χ1n) is 5.39. The third-order valence-electron chi connectivity index (χ3n) is 3.90. The van der Waals surface area contributed by atoms with Crippen LogP contribution in [0.1, 0.15) is 41.5 Å². The first kappa shape index (κ1) is 13.0. The Bertz CT molecular complexity index is 330. The molecule has 1 heterocycles. The summed E-state index contributed by atoms with van der Waals surface area (Å²) in [5, 5.41) is 0. The van der Waals surface area contributed by atoms with Gasteiger partial charge in [-0.05, 0) is 10.8 Å². The van der Waals surface area contributed by atoms with Gasteiger partial charge in [-0.2, -0.15) is 0 Å². The van der Waals surface area contributed by atoms with Gasteiger partial charge in [0, 0.05) is 12.0 Å². The minimum absolute atomic E-state index is 0.0260. The highest BCUT2D eigenvalue weighted by atomic mass is 32.2. The largest absolute Gasteiger partial charge is 0.215 e. The molecule has 1 fully saturated rings. The van der Waals surface area contributed by atoms with E-state index in [9.17, 15) is 8.42 Å². The fourth-order valence-corrected chi connectivity index (χ4v) is 4.93. The average Bonchev–Trinajstić information content (AvgIpc) is 2.23. The fraction of sp³-hybridized carbons (Fsp3) is 1.00. The second kappa shape index (κ2) is 3.20. The summed E-state index contributed by atoms with van der Waals surface area (Å²) in [7, 11) is -3.07. The Kier molecular flexibility index (Phi) is 2.77. The lowest BCUT2D eigenvalue weighted by Crippen LogP contribution is -2.50. The van der Waals surface area contributed by atoms with Gasteiger partial charge in [0.1, 0.15) is 0 Å². The van der Waals surface area contributed by atoms with Crippen molar-refractivity contribution in [2.24, 2.45) is 16.2 Å². The SMILES string of the molecule is CC(C)(C)C1(C(C)(C)C)CNS(=O)(=O)C1. The molecule has 0 radical (unpaired) electrons. The molecule has 4 heteroatoms. The summed E-state index contributed by atoms with van der Waals surface area (Å²) in [4.78, 5) is 0. The molecule has 1 aliphatic rings. The van der Waals surface area contributed by atoms with Gasteiger partial charge in [0.15, 0.2) is 0 Å². The van der Waals surface area contributed by atoms with E-state index in [2.05, 4.69) is 46.3 Å². The zero-order chi connectivity index (χ0) is 12.1. The molecule has 1 aliphatic heterocycles. The molecule has 0 bridgehead atoms. The highest BCUT2D eigenvalue weighted by molar-refractivity contribution is 7.89. The van der Waals surface area contributed by atoms with Crippen molar-refractivity contribution < 1.29 is 8.42 Å². The first-order chi connectivity index (χ1) is 6.41. The normalized spacial score (nSPS) is 25.5. The quantitative estimate of drug-likeness (QED) is 0.695. The average molecular weight is 233 g/mol. The van der Waals surface area contributed by atoms with Crippen LogP contribution in [0.3, 0.4) is 0 Å². The molecule has 90 valence electrons. The minimum Gasteiger partial charge on any atom is -0.215 e. The van der Waals surface area contributed by atoms with Crippen LogP contribution in [0.5, 0.6) is 0 Å². The molecule has 15 heavy (non-hydrogen) atoms. The molecule has 0 spiro atoms. The van der Waals surface area contributed by atoms with Crippen LogP contribution in [-0.4, -0.2) is 20.7 Å². The Labute approximate surface area is 93.7 Å². The van der Waals surface area contributed by atoms with E-state index in [4.69, 9.17) is 0 Å². The van der Waals surface area contributed by atoms with Crippen LogP contribution in [0.15, 0.2) is 0 Å². The summed E-state index contributed by atoms with van der Waals surface area (Å²) >= 11 is 0. The van der Waals surface area contributed by atoms with Crippen molar-refractivity contribution in [2.75, 3.05) is 12.3 Å². The van der Waals surface area contributed by atoms with Crippen LogP contribution in [-0.2, 0) is 10.0 Å². The van der Waals surface area contributed by atoms with Crippen LogP contribution >= 0.6 is 0 Å². The van der Waals surface area contributed by atoms with Crippen LogP contribution in [0.2, 0.25) is 0 Å². The maximum atomic E-state index is 11.6. The number of nitrogens with one attached hydrogen (secondary N) is 1. The molecule has 1 N–H and O–H groups in total. The van der Waals surface area contributed by atoms with Crippen molar-refractivity contribution in [3.63, 3.8) is 0 Å². The van der Waals surface area contributed by atoms with Gasteiger partial charge < -0.3 is 0 Å². The standard InChI is InChI=1S/C11H23NO2S/c1-9(2,3)11(10(4,5)6)7-12-15(13,14)8-11/h12H,7-8H2,1-6H3. The van der Waals surface area contributed by atoms with Crippen molar-refractivity contribution >= 4 is 10.0 Å². The summed E-state index contributed by atoms with van der Waals surface area (Å²) in [6.45, 7) is 13.3. The van der Waals surface area contributed by atoms with E-state index in [-0.39, 0.29) is 22.0 Å². The zero-order valence-electron chi connectivity index (χ0n) is 10.6. The molecule has 0 aromatic rings. The molecule has 1 rings (SSSR count). The Morgan fingerprint density at radius 2 is 1.40 bits per heavy atom. The summed E-state index contributed by atoms with van der Waals surface area (Å²) in [6, 6.07) is 0. The van der Waals surface area contributed by atoms with Crippen LogP contribution in [0, 0.1) is 16.2 Å². The van der Waals surface area contributed by atoms with Crippen molar-refractivity contribution in [1.29, 1.82) is 0 Å². The Morgan fingerprint density at radius 1 is 1.00 bits per heavy atom. The predicted octanol–water partition coefficient (Wildman–Crippen LogP) is 2.00. The Morgan fingerprint density at radius 3 is 1.53 bits per heavy atom. The Balaban J connectivity index is 3.25. The number of sulfonamides is 1. The van der Waals surface area contributed by atoms with E-state index in [1.807, 2.05) is 0 Å². The molecule has 0 aromatic heterocycles. The second-order valence-electron chi connectivity index (χ2n) is 6.66. The van der Waals surface area contributed by atoms with Crippen LogP contribution in [0.4, 0.5) is 0 Å². The second-order valence-corrected chi connectivity index (χ2v) is 8.47. The molecule has 0 unspecified atom stereocenters. The topological polar surface area (TPSA) is 46.2 Å². The Hall–Kier alpha value is -0.0900. The van der Waals surface area contributed by atoms with E-state index >= 15 is 0 Å². The van der Waals surface area contributed by atoms with E-state index in [1.54, 1.807) is 0 Å². The third-order valence-corrected chi connectivity index (χ3v) is 5.36. The molecular weight excluding hydrogens is 210 g/mol. The molecule has 0 amide bonds. The van der Waals surface area contributed by atoms with Crippen LogP contribution in [0.25, 0.3) is 0 Å². The van der Waals surface area contributed by atoms with Crippen molar-refractivity contribution in [3.8, 4) is 0 Å². The fourth-order valence-electron chi connectivity index (χ4n) is 2.75. The summed E-state index contributed by atoms with van der Waals surface area (Å²) in [6.07, 6.45) is 0. The lowest BCUT2D eigenvalue weighted by Gasteiger charge is -2.50. The van der Waals surface area contributed by atoms with E-state index in [0.29, 0.717) is 6.54 Å². The van der Waals surface area contributed by atoms with Gasteiger partial charge in [-0.25, -0.2) is 13.1 Å². The summed E-state index contributed by atoms with van der Waals surface area (Å²) in [5.74, 6) is 0.243. The zero-order valence-corrected chi connectivity index (χ0v) is 11.5. The van der Waals surface area contributed by atoms with Gasteiger partial charge in [0.05, 0.1) is 5.75 Å². The molecule has 0 aromatic carbocycles. The smallest absolute Gasteiger partial charge is 0.212 e. The van der Waals surface area contributed by atoms with Gasteiger partial charge >= 0.3 is 0 Å². The third kappa shape index (κ3) is 2.07. The van der Waals surface area contributed by atoms with Gasteiger partial charge in [0.25, 0.3) is 0 Å². The molecule has 3 nitrogen and oxygen atoms in total. The lowest BCUT2D eigenvalue weighted by atomic mass is 9.55. The summed E-state index contributed by atoms with van der Waals surface area (Å²) in [5.41, 5.74) is -0.248. The number of hydrogen-bond acceptors (Lipinski definition) is 2. The molecule has 1 saturated heterocycles. The van der Waals surface area contributed by atoms with Crippen molar-refractivity contribution in [2.45, 2.75) is 41.5 Å². The van der Waals surface area contributed by atoms with E-state index in [0.717, 1.165) is 0 Å². The molecule has 0 saturated carbocycles. The van der Waals surface area contributed by atoms with Crippen LogP contribution < -0.4 is 4.72 Å². The molecular formula is C11H23NO2S. The maximum absolute atomic E-state index is 11.6. The molecule has 0 aliphatic carbocycles. The van der Waals surface area contributed by atoms with Gasteiger partial charge in [0.2, 0.25) is 10.0 Å². The highest BCUT2D eigenvalue weighted by Crippen LogP contribution is 2.53. The highest BCUT2D eigenvalue weighted by Gasteiger charge is 2.56. The predicted molar refractivity (Wildman–Crippen MR) is 63.1 cm³/mol. The maximum Gasteiger partial charge on any atom is 0.212 e. The molecule has 0 atom stereocenters.